The summed E-state index contributed by atoms with van der Waals surface area (Å²) in [6.07, 6.45) is 0. The number of rotatable bonds is 2. The summed E-state index contributed by atoms with van der Waals surface area (Å²) >= 11 is 0. The Balaban J connectivity index is 2.65. The van der Waals surface area contributed by atoms with Crippen LogP contribution in [0.2, 0.25) is 0 Å². The molecule has 0 atom stereocenters. The minimum absolute atomic E-state index is 0.0643. The second-order valence-electron chi connectivity index (χ2n) is 3.10. The first-order chi connectivity index (χ1) is 7.59. The number of aromatic carboxylic acids is 1. The van der Waals surface area contributed by atoms with Crippen LogP contribution in [-0.2, 0) is 0 Å². The molecular formula is C10H7FN2O3. The van der Waals surface area contributed by atoms with E-state index in [0.29, 0.717) is 0 Å². The van der Waals surface area contributed by atoms with Crippen molar-refractivity contribution in [1.29, 1.82) is 0 Å². The highest BCUT2D eigenvalue weighted by Crippen LogP contribution is 2.23. The van der Waals surface area contributed by atoms with Gasteiger partial charge in [-0.1, -0.05) is 11.2 Å². The van der Waals surface area contributed by atoms with Gasteiger partial charge in [0.15, 0.2) is 0 Å². The summed E-state index contributed by atoms with van der Waals surface area (Å²) in [5.74, 6) is -1.84. The first-order valence-electron chi connectivity index (χ1n) is 4.42. The molecule has 0 spiro atoms. The highest BCUT2D eigenvalue weighted by Gasteiger charge is 2.19. The Morgan fingerprint density at radius 3 is 2.81 bits per heavy atom. The number of aryl methyl sites for hydroxylation is 1. The molecule has 0 saturated heterocycles. The van der Waals surface area contributed by atoms with Gasteiger partial charge >= 0.3 is 5.97 Å². The molecule has 2 aromatic rings. The van der Waals surface area contributed by atoms with Crippen LogP contribution < -0.4 is 0 Å². The molecule has 16 heavy (non-hydrogen) atoms. The lowest BCUT2D eigenvalue weighted by Crippen LogP contribution is -2.03. The number of aromatic nitrogens is 2. The van der Waals surface area contributed by atoms with E-state index in [1.165, 1.54) is 12.1 Å². The second-order valence-corrected chi connectivity index (χ2v) is 3.10. The van der Waals surface area contributed by atoms with E-state index in [-0.39, 0.29) is 17.3 Å². The van der Waals surface area contributed by atoms with Crippen molar-refractivity contribution in [3.8, 4) is 11.4 Å². The molecule has 1 N–H and O–H groups in total. The average molecular weight is 222 g/mol. The van der Waals surface area contributed by atoms with Crippen LogP contribution in [0.1, 0.15) is 16.2 Å². The number of carboxylic acid groups (broad SMARTS) is 1. The summed E-state index contributed by atoms with van der Waals surface area (Å²) in [5, 5.41) is 12.4. The standard InChI is InChI=1S/C10H7FN2O3/c1-5-12-9(13-16-5)6-3-2-4-7(11)8(6)10(14)15/h2-4H,1H3,(H,14,15). The largest absolute Gasteiger partial charge is 0.478 e. The molecule has 0 amide bonds. The molecule has 82 valence electrons. The maximum absolute atomic E-state index is 13.3. The fraction of sp³-hybridized carbons (Fsp3) is 0.100. The zero-order chi connectivity index (χ0) is 11.7. The zero-order valence-corrected chi connectivity index (χ0v) is 8.27. The maximum Gasteiger partial charge on any atom is 0.339 e. The van der Waals surface area contributed by atoms with Crippen molar-refractivity contribution in [3.05, 3.63) is 35.5 Å². The molecule has 6 heteroatoms. The predicted molar refractivity (Wildman–Crippen MR) is 51.4 cm³/mol. The lowest BCUT2D eigenvalue weighted by atomic mass is 10.1. The summed E-state index contributed by atoms with van der Waals surface area (Å²) in [4.78, 5) is 14.8. The Bertz CT molecular complexity index is 551. The van der Waals surface area contributed by atoms with Crippen LogP contribution in [-0.4, -0.2) is 21.2 Å². The molecule has 0 saturated carbocycles. The second kappa shape index (κ2) is 3.73. The molecule has 2 rings (SSSR count). The van der Waals surface area contributed by atoms with E-state index < -0.39 is 17.3 Å². The van der Waals surface area contributed by atoms with Crippen molar-refractivity contribution in [2.45, 2.75) is 6.92 Å². The van der Waals surface area contributed by atoms with Crippen LogP contribution in [0.5, 0.6) is 0 Å². The van der Waals surface area contributed by atoms with Gasteiger partial charge in [0.2, 0.25) is 11.7 Å². The van der Waals surface area contributed by atoms with Gasteiger partial charge < -0.3 is 9.63 Å². The van der Waals surface area contributed by atoms with Gasteiger partial charge in [-0.3, -0.25) is 0 Å². The van der Waals surface area contributed by atoms with E-state index in [9.17, 15) is 9.18 Å². The van der Waals surface area contributed by atoms with Crippen LogP contribution in [0, 0.1) is 12.7 Å². The molecular weight excluding hydrogens is 215 g/mol. The van der Waals surface area contributed by atoms with Crippen LogP contribution in [0.15, 0.2) is 22.7 Å². The Morgan fingerprint density at radius 2 is 2.25 bits per heavy atom. The molecule has 0 radical (unpaired) electrons. The minimum atomic E-state index is -1.37. The summed E-state index contributed by atoms with van der Waals surface area (Å²) in [6, 6.07) is 3.89. The van der Waals surface area contributed by atoms with Crippen LogP contribution in [0.4, 0.5) is 4.39 Å². The average Bonchev–Trinajstić information content (AvgIpc) is 2.63. The Morgan fingerprint density at radius 1 is 1.50 bits per heavy atom. The van der Waals surface area contributed by atoms with Gasteiger partial charge in [0, 0.05) is 12.5 Å². The molecule has 1 aromatic carbocycles. The van der Waals surface area contributed by atoms with Gasteiger partial charge in [0.1, 0.15) is 11.4 Å². The quantitative estimate of drug-likeness (QED) is 0.839. The summed E-state index contributed by atoms with van der Waals surface area (Å²) < 4.78 is 18.0. The highest BCUT2D eigenvalue weighted by atomic mass is 19.1. The van der Waals surface area contributed by atoms with Crippen molar-refractivity contribution in [2.75, 3.05) is 0 Å². The third-order valence-corrected chi connectivity index (χ3v) is 2.00. The first kappa shape index (κ1) is 10.3. The van der Waals surface area contributed by atoms with E-state index in [4.69, 9.17) is 9.63 Å². The van der Waals surface area contributed by atoms with E-state index in [1.54, 1.807) is 6.92 Å². The molecule has 0 bridgehead atoms. The van der Waals surface area contributed by atoms with Gasteiger partial charge in [0.25, 0.3) is 0 Å². The smallest absolute Gasteiger partial charge is 0.339 e. The SMILES string of the molecule is Cc1nc(-c2cccc(F)c2C(=O)O)no1. The van der Waals surface area contributed by atoms with Crippen molar-refractivity contribution in [2.24, 2.45) is 0 Å². The minimum Gasteiger partial charge on any atom is -0.478 e. The van der Waals surface area contributed by atoms with E-state index in [1.807, 2.05) is 0 Å². The summed E-state index contributed by atoms with van der Waals surface area (Å²) in [5.41, 5.74) is -0.354. The van der Waals surface area contributed by atoms with Crippen LogP contribution in [0.25, 0.3) is 11.4 Å². The Labute approximate surface area is 89.5 Å². The van der Waals surface area contributed by atoms with E-state index >= 15 is 0 Å². The third-order valence-electron chi connectivity index (χ3n) is 2.00. The molecule has 0 aliphatic carbocycles. The normalized spacial score (nSPS) is 10.4. The van der Waals surface area contributed by atoms with Gasteiger partial charge in [0.05, 0.1) is 0 Å². The van der Waals surface area contributed by atoms with E-state index in [0.717, 1.165) is 6.07 Å². The molecule has 0 fully saturated rings. The molecule has 0 aliphatic heterocycles. The van der Waals surface area contributed by atoms with Crippen LogP contribution >= 0.6 is 0 Å². The lowest BCUT2D eigenvalue weighted by molar-refractivity contribution is 0.0692. The number of carbonyl (C=O) groups is 1. The zero-order valence-electron chi connectivity index (χ0n) is 8.27. The van der Waals surface area contributed by atoms with Crippen molar-refractivity contribution >= 4 is 5.97 Å². The van der Waals surface area contributed by atoms with E-state index in [2.05, 4.69) is 10.1 Å². The number of halogens is 1. The molecule has 1 heterocycles. The molecule has 5 nitrogen and oxygen atoms in total. The number of benzene rings is 1. The molecule has 0 unspecified atom stereocenters. The van der Waals surface area contributed by atoms with Crippen molar-refractivity contribution in [1.82, 2.24) is 10.1 Å². The fourth-order valence-electron chi connectivity index (χ4n) is 1.34. The van der Waals surface area contributed by atoms with Crippen LogP contribution in [0.3, 0.4) is 0 Å². The Hall–Kier alpha value is -2.24. The van der Waals surface area contributed by atoms with Gasteiger partial charge in [-0.05, 0) is 12.1 Å². The summed E-state index contributed by atoms with van der Waals surface area (Å²) in [6.45, 7) is 1.57. The topological polar surface area (TPSA) is 76.2 Å². The fourth-order valence-corrected chi connectivity index (χ4v) is 1.34. The number of hydrogen-bond acceptors (Lipinski definition) is 4. The van der Waals surface area contributed by atoms with Crippen molar-refractivity contribution in [3.63, 3.8) is 0 Å². The van der Waals surface area contributed by atoms with Gasteiger partial charge in [-0.2, -0.15) is 4.98 Å². The van der Waals surface area contributed by atoms with Gasteiger partial charge in [-0.15, -0.1) is 0 Å². The Kier molecular flexibility index (Phi) is 2.40. The highest BCUT2D eigenvalue weighted by molar-refractivity contribution is 5.95. The number of nitrogens with zero attached hydrogens (tertiary/aromatic N) is 2. The molecule has 0 aliphatic rings. The van der Waals surface area contributed by atoms with Crippen molar-refractivity contribution < 1.29 is 18.8 Å². The summed E-state index contributed by atoms with van der Waals surface area (Å²) in [7, 11) is 0. The maximum atomic E-state index is 13.3. The third kappa shape index (κ3) is 1.65. The number of carboxylic acids is 1. The molecule has 1 aromatic heterocycles. The monoisotopic (exact) mass is 222 g/mol. The predicted octanol–water partition coefficient (Wildman–Crippen LogP) is 1.88. The lowest BCUT2D eigenvalue weighted by Gasteiger charge is -2.01. The van der Waals surface area contributed by atoms with Gasteiger partial charge in [-0.25, -0.2) is 9.18 Å². The first-order valence-corrected chi connectivity index (χ1v) is 4.42. The number of hydrogen-bond donors (Lipinski definition) is 1.